The van der Waals surface area contributed by atoms with Gasteiger partial charge in [0.25, 0.3) is 0 Å². The minimum atomic E-state index is 0.763. The van der Waals surface area contributed by atoms with Crippen LogP contribution in [0.4, 0.5) is 0 Å². The smallest absolute Gasteiger partial charge is 0.0621 e. The first-order valence-electron chi connectivity index (χ1n) is 6.14. The Balaban J connectivity index is 2.21. The quantitative estimate of drug-likeness (QED) is 0.658. The molecule has 1 nitrogen and oxygen atoms in total. The zero-order valence-electron chi connectivity index (χ0n) is 9.63. The zero-order valence-corrected chi connectivity index (χ0v) is 9.63. The lowest BCUT2D eigenvalue weighted by atomic mass is 9.74. The lowest BCUT2D eigenvalue weighted by molar-refractivity contribution is 0.205. The van der Waals surface area contributed by atoms with Crippen molar-refractivity contribution in [2.24, 2.45) is 17.8 Å². The molecule has 1 atom stereocenters. The van der Waals surface area contributed by atoms with Gasteiger partial charge in [0.05, 0.1) is 6.07 Å². The molecule has 0 spiro atoms. The second-order valence-electron chi connectivity index (χ2n) is 4.86. The fourth-order valence-electron chi connectivity index (χ4n) is 2.65. The van der Waals surface area contributed by atoms with E-state index >= 15 is 0 Å². The predicted octanol–water partition coefficient (Wildman–Crippen LogP) is 4.14. The molecule has 1 fully saturated rings. The number of hydrogen-bond donors (Lipinski definition) is 0. The molecule has 0 amide bonds. The Morgan fingerprint density at radius 2 is 1.93 bits per heavy atom. The highest BCUT2D eigenvalue weighted by atomic mass is 14.3. The Morgan fingerprint density at radius 3 is 2.43 bits per heavy atom. The van der Waals surface area contributed by atoms with Crippen molar-refractivity contribution in [1.82, 2.24) is 0 Å². The number of nitriles is 1. The molecule has 0 aromatic rings. The molecule has 1 heteroatoms. The van der Waals surface area contributed by atoms with E-state index in [-0.39, 0.29) is 0 Å². The van der Waals surface area contributed by atoms with Gasteiger partial charge in [0.1, 0.15) is 0 Å². The van der Waals surface area contributed by atoms with Crippen LogP contribution in [-0.4, -0.2) is 0 Å². The van der Waals surface area contributed by atoms with Crippen LogP contribution in [0.15, 0.2) is 0 Å². The average molecular weight is 193 g/mol. The van der Waals surface area contributed by atoms with Gasteiger partial charge >= 0.3 is 0 Å². The van der Waals surface area contributed by atoms with E-state index in [1.165, 1.54) is 32.1 Å². The van der Waals surface area contributed by atoms with Crippen LogP contribution >= 0.6 is 0 Å². The van der Waals surface area contributed by atoms with Gasteiger partial charge in [-0.2, -0.15) is 5.26 Å². The summed E-state index contributed by atoms with van der Waals surface area (Å²) in [5, 5.41) is 8.53. The SMILES string of the molecule is CCC(C)C1CCC(CCC#N)CC1. The Hall–Kier alpha value is -0.510. The van der Waals surface area contributed by atoms with E-state index in [4.69, 9.17) is 5.26 Å². The Labute approximate surface area is 88.5 Å². The lowest BCUT2D eigenvalue weighted by Gasteiger charge is -2.31. The normalized spacial score (nSPS) is 29.5. The molecule has 80 valence electrons. The van der Waals surface area contributed by atoms with Crippen LogP contribution < -0.4 is 0 Å². The van der Waals surface area contributed by atoms with Gasteiger partial charge in [-0.1, -0.05) is 33.1 Å². The van der Waals surface area contributed by atoms with Crippen LogP contribution in [0.3, 0.4) is 0 Å². The van der Waals surface area contributed by atoms with Crippen LogP contribution in [-0.2, 0) is 0 Å². The summed E-state index contributed by atoms with van der Waals surface area (Å²) in [6.07, 6.45) is 8.79. The van der Waals surface area contributed by atoms with Crippen LogP contribution in [0.25, 0.3) is 0 Å². The maximum atomic E-state index is 8.53. The van der Waals surface area contributed by atoms with Gasteiger partial charge in [-0.15, -0.1) is 0 Å². The summed E-state index contributed by atoms with van der Waals surface area (Å²) >= 11 is 0. The molecule has 1 rings (SSSR count). The molecule has 1 saturated carbocycles. The maximum Gasteiger partial charge on any atom is 0.0621 e. The van der Waals surface area contributed by atoms with E-state index in [0.717, 1.165) is 30.6 Å². The highest BCUT2D eigenvalue weighted by Crippen LogP contribution is 2.36. The third-order valence-corrected chi connectivity index (χ3v) is 4.00. The molecule has 0 aromatic carbocycles. The summed E-state index contributed by atoms with van der Waals surface area (Å²) in [6.45, 7) is 4.69. The summed E-state index contributed by atoms with van der Waals surface area (Å²) in [4.78, 5) is 0. The third-order valence-electron chi connectivity index (χ3n) is 4.00. The molecule has 0 saturated heterocycles. The van der Waals surface area contributed by atoms with Gasteiger partial charge in [0.2, 0.25) is 0 Å². The Bertz CT molecular complexity index is 184. The molecule has 1 unspecified atom stereocenters. The first-order chi connectivity index (χ1) is 6.77. The number of hydrogen-bond acceptors (Lipinski definition) is 1. The molecular formula is C13H23N. The van der Waals surface area contributed by atoms with Gasteiger partial charge in [-0.25, -0.2) is 0 Å². The molecule has 0 aromatic heterocycles. The van der Waals surface area contributed by atoms with Gasteiger partial charge in [-0.3, -0.25) is 0 Å². The largest absolute Gasteiger partial charge is 0.198 e. The fraction of sp³-hybridized carbons (Fsp3) is 0.923. The van der Waals surface area contributed by atoms with Crippen molar-refractivity contribution in [2.45, 2.75) is 58.8 Å². The van der Waals surface area contributed by atoms with Gasteiger partial charge < -0.3 is 0 Å². The third kappa shape index (κ3) is 3.33. The average Bonchev–Trinajstić information content (AvgIpc) is 2.26. The second-order valence-corrected chi connectivity index (χ2v) is 4.86. The summed E-state index contributed by atoms with van der Waals surface area (Å²) in [5.74, 6) is 2.74. The van der Waals surface area contributed by atoms with Crippen molar-refractivity contribution in [3.05, 3.63) is 0 Å². The molecule has 0 heterocycles. The van der Waals surface area contributed by atoms with Crippen molar-refractivity contribution in [1.29, 1.82) is 5.26 Å². The molecule has 0 bridgehead atoms. The molecule has 0 radical (unpaired) electrons. The van der Waals surface area contributed by atoms with E-state index in [1.807, 2.05) is 0 Å². The van der Waals surface area contributed by atoms with Crippen molar-refractivity contribution in [2.75, 3.05) is 0 Å². The van der Waals surface area contributed by atoms with Gasteiger partial charge in [0.15, 0.2) is 0 Å². The number of nitrogens with zero attached hydrogens (tertiary/aromatic N) is 1. The van der Waals surface area contributed by atoms with Crippen LogP contribution in [0.1, 0.15) is 58.8 Å². The molecular weight excluding hydrogens is 170 g/mol. The Kier molecular flexibility index (Phi) is 5.01. The van der Waals surface area contributed by atoms with Crippen molar-refractivity contribution < 1.29 is 0 Å². The monoisotopic (exact) mass is 193 g/mol. The maximum absolute atomic E-state index is 8.53. The van der Waals surface area contributed by atoms with E-state index in [0.29, 0.717) is 0 Å². The molecule has 0 N–H and O–H groups in total. The summed E-state index contributed by atoms with van der Waals surface area (Å²) in [7, 11) is 0. The van der Waals surface area contributed by atoms with E-state index in [2.05, 4.69) is 19.9 Å². The first kappa shape index (κ1) is 11.6. The molecule has 0 aliphatic heterocycles. The van der Waals surface area contributed by atoms with E-state index in [9.17, 15) is 0 Å². The number of rotatable bonds is 4. The second kappa shape index (κ2) is 6.06. The lowest BCUT2D eigenvalue weighted by Crippen LogP contribution is -2.19. The van der Waals surface area contributed by atoms with E-state index < -0.39 is 0 Å². The van der Waals surface area contributed by atoms with Crippen LogP contribution in [0.5, 0.6) is 0 Å². The molecule has 1 aliphatic rings. The van der Waals surface area contributed by atoms with Crippen LogP contribution in [0.2, 0.25) is 0 Å². The zero-order chi connectivity index (χ0) is 10.4. The topological polar surface area (TPSA) is 23.8 Å². The molecule has 14 heavy (non-hydrogen) atoms. The highest BCUT2D eigenvalue weighted by Gasteiger charge is 2.23. The standard InChI is InChI=1S/C13H23N/c1-3-11(2)13-8-6-12(7-9-13)5-4-10-14/h11-13H,3-9H2,1-2H3. The highest BCUT2D eigenvalue weighted by molar-refractivity contribution is 4.78. The van der Waals surface area contributed by atoms with Crippen molar-refractivity contribution in [3.63, 3.8) is 0 Å². The van der Waals surface area contributed by atoms with Crippen LogP contribution in [0, 0.1) is 29.1 Å². The van der Waals surface area contributed by atoms with Crippen molar-refractivity contribution >= 4 is 0 Å². The Morgan fingerprint density at radius 1 is 1.29 bits per heavy atom. The summed E-state index contributed by atoms with van der Waals surface area (Å²) in [6, 6.07) is 2.26. The minimum Gasteiger partial charge on any atom is -0.198 e. The summed E-state index contributed by atoms with van der Waals surface area (Å²) < 4.78 is 0. The fourth-order valence-corrected chi connectivity index (χ4v) is 2.65. The predicted molar refractivity (Wildman–Crippen MR) is 59.8 cm³/mol. The first-order valence-corrected chi connectivity index (χ1v) is 6.14. The van der Waals surface area contributed by atoms with E-state index in [1.54, 1.807) is 0 Å². The minimum absolute atomic E-state index is 0.763. The van der Waals surface area contributed by atoms with Crippen molar-refractivity contribution in [3.8, 4) is 6.07 Å². The van der Waals surface area contributed by atoms with Gasteiger partial charge in [-0.05, 0) is 37.0 Å². The van der Waals surface area contributed by atoms with Gasteiger partial charge in [0, 0.05) is 6.42 Å². The summed E-state index contributed by atoms with van der Waals surface area (Å²) in [5.41, 5.74) is 0. The molecule has 1 aliphatic carbocycles.